The van der Waals surface area contributed by atoms with Crippen LogP contribution < -0.4 is 24.8 Å². The maximum atomic E-state index is 13.7. The van der Waals surface area contributed by atoms with Gasteiger partial charge in [0.05, 0.1) is 25.0 Å². The number of para-hydroxylation sites is 2. The first kappa shape index (κ1) is 27.3. The summed E-state index contributed by atoms with van der Waals surface area (Å²) >= 11 is 12.3. The third kappa shape index (κ3) is 5.54. The van der Waals surface area contributed by atoms with Crippen molar-refractivity contribution in [3.63, 3.8) is 0 Å². The molecule has 0 saturated carbocycles. The molecular weight excluding hydrogens is 555 g/mol. The van der Waals surface area contributed by atoms with E-state index in [1.807, 2.05) is 37.3 Å². The molecule has 1 unspecified atom stereocenters. The van der Waals surface area contributed by atoms with Crippen LogP contribution in [-0.4, -0.2) is 39.8 Å². The largest absolute Gasteiger partial charge is 0.495 e. The number of carbonyl (C=O) groups excluding carboxylic acids is 1. The summed E-state index contributed by atoms with van der Waals surface area (Å²) in [5.41, 5.74) is 3.07. The van der Waals surface area contributed by atoms with Crippen molar-refractivity contribution in [1.29, 1.82) is 0 Å². The molecule has 1 aliphatic heterocycles. The molecule has 0 aliphatic carbocycles. The van der Waals surface area contributed by atoms with Crippen molar-refractivity contribution < 1.29 is 19.0 Å². The Morgan fingerprint density at radius 1 is 1.05 bits per heavy atom. The van der Waals surface area contributed by atoms with Gasteiger partial charge >= 0.3 is 0 Å². The van der Waals surface area contributed by atoms with Crippen LogP contribution in [0.4, 0.5) is 11.6 Å². The summed E-state index contributed by atoms with van der Waals surface area (Å²) in [6, 6.07) is 17.3. The van der Waals surface area contributed by atoms with Crippen LogP contribution in [0.25, 0.3) is 0 Å². The first-order valence-electron chi connectivity index (χ1n) is 12.4. The van der Waals surface area contributed by atoms with Gasteiger partial charge in [-0.05, 0) is 66.2 Å². The van der Waals surface area contributed by atoms with Crippen molar-refractivity contribution in [3.8, 4) is 17.2 Å². The van der Waals surface area contributed by atoms with Crippen LogP contribution in [0.2, 0.25) is 10.0 Å². The molecule has 0 spiro atoms. The minimum atomic E-state index is -0.653. The molecule has 40 heavy (non-hydrogen) atoms. The number of methoxy groups -OCH3 is 1. The maximum Gasteiger partial charge on any atom is 0.255 e. The van der Waals surface area contributed by atoms with Gasteiger partial charge in [-0.15, -0.1) is 0 Å². The van der Waals surface area contributed by atoms with E-state index in [2.05, 4.69) is 26.2 Å². The van der Waals surface area contributed by atoms with Crippen molar-refractivity contribution in [2.24, 2.45) is 0 Å². The molecule has 0 fully saturated rings. The Morgan fingerprint density at radius 2 is 1.88 bits per heavy atom. The molecule has 1 atom stereocenters. The number of nitrogens with zero attached hydrogens (tertiary/aromatic N) is 4. The molecule has 5 rings (SSSR count). The molecule has 10 nitrogen and oxygen atoms in total. The molecule has 2 N–H and O–H groups in total. The van der Waals surface area contributed by atoms with E-state index in [4.69, 9.17) is 37.4 Å². The monoisotopic (exact) mass is 580 g/mol. The number of hydrogen-bond donors (Lipinski definition) is 2. The topological polar surface area (TPSA) is 112 Å². The number of fused-ring (bicyclic) bond motifs is 1. The zero-order valence-electron chi connectivity index (χ0n) is 21.9. The molecule has 3 aromatic carbocycles. The highest BCUT2D eigenvalue weighted by molar-refractivity contribution is 6.35. The Hall–Kier alpha value is -4.28. The second kappa shape index (κ2) is 11.8. The van der Waals surface area contributed by atoms with E-state index in [0.717, 1.165) is 11.1 Å². The summed E-state index contributed by atoms with van der Waals surface area (Å²) in [7, 11) is 1.55. The van der Waals surface area contributed by atoms with E-state index >= 15 is 0 Å². The number of aromatic nitrogens is 4. The van der Waals surface area contributed by atoms with Crippen LogP contribution in [0, 0.1) is 0 Å². The number of anilines is 2. The molecule has 206 valence electrons. The molecule has 2 heterocycles. The van der Waals surface area contributed by atoms with E-state index in [-0.39, 0.29) is 12.5 Å². The second-order valence-corrected chi connectivity index (χ2v) is 9.67. The summed E-state index contributed by atoms with van der Waals surface area (Å²) in [5.74, 6) is 1.63. The second-order valence-electron chi connectivity index (χ2n) is 8.83. The third-order valence-corrected chi connectivity index (χ3v) is 6.88. The number of nitrogens with one attached hydrogen (secondary N) is 2. The van der Waals surface area contributed by atoms with Crippen LogP contribution in [-0.2, 0) is 11.4 Å². The summed E-state index contributed by atoms with van der Waals surface area (Å²) in [4.78, 5) is 13.7. The predicted octanol–water partition coefficient (Wildman–Crippen LogP) is 5.89. The molecule has 12 heteroatoms. The molecule has 0 saturated heterocycles. The van der Waals surface area contributed by atoms with E-state index in [1.54, 1.807) is 49.0 Å². The van der Waals surface area contributed by atoms with Crippen molar-refractivity contribution >= 4 is 40.7 Å². The van der Waals surface area contributed by atoms with Gasteiger partial charge in [0.25, 0.3) is 5.91 Å². The zero-order chi connectivity index (χ0) is 28.2. The minimum absolute atomic E-state index is 0.214. The van der Waals surface area contributed by atoms with Gasteiger partial charge in [-0.1, -0.05) is 52.6 Å². The van der Waals surface area contributed by atoms with Gasteiger partial charge in [-0.2, -0.15) is 4.68 Å². The SMILES string of the molecule is CCOc1cc(C2C(C(=O)Nc3ccccc3OC)=C(C)Nc3nnnn32)ccc1OCc1ccc(Cl)cc1Cl. The van der Waals surface area contributed by atoms with Crippen LogP contribution in [0.3, 0.4) is 0 Å². The van der Waals surface area contributed by atoms with Gasteiger partial charge in [-0.3, -0.25) is 4.79 Å². The number of allylic oxidation sites excluding steroid dienone is 1. The highest BCUT2D eigenvalue weighted by Gasteiger charge is 2.35. The fourth-order valence-corrected chi connectivity index (χ4v) is 4.89. The predicted molar refractivity (Wildman–Crippen MR) is 152 cm³/mol. The number of carbonyl (C=O) groups is 1. The Bertz CT molecular complexity index is 1590. The van der Waals surface area contributed by atoms with Crippen LogP contribution in [0.5, 0.6) is 17.2 Å². The van der Waals surface area contributed by atoms with Crippen molar-refractivity contribution in [2.45, 2.75) is 26.5 Å². The van der Waals surface area contributed by atoms with E-state index < -0.39 is 6.04 Å². The normalized spacial score (nSPS) is 14.3. The standard InChI is InChI=1S/C28H26Cl2N6O4/c1-4-39-24-13-17(10-12-23(24)40-15-18-9-11-19(29)14-20(18)30)26-25(16(2)31-28-33-34-35-36(26)28)27(37)32-21-7-5-6-8-22(21)38-3/h5-14,26H,4,15H2,1-3H3,(H,32,37)(H,31,33,35). The van der Waals surface area contributed by atoms with Gasteiger partial charge in [-0.25, -0.2) is 0 Å². The third-order valence-electron chi connectivity index (χ3n) is 6.30. The summed E-state index contributed by atoms with van der Waals surface area (Å²) < 4.78 is 19.0. The smallest absolute Gasteiger partial charge is 0.255 e. The lowest BCUT2D eigenvalue weighted by Gasteiger charge is -2.28. The average molecular weight is 581 g/mol. The lowest BCUT2D eigenvalue weighted by molar-refractivity contribution is -0.113. The number of tetrazole rings is 1. The van der Waals surface area contributed by atoms with Crippen LogP contribution in [0.15, 0.2) is 71.9 Å². The number of benzene rings is 3. The van der Waals surface area contributed by atoms with Gasteiger partial charge in [0.1, 0.15) is 18.4 Å². The van der Waals surface area contributed by atoms with Gasteiger partial charge < -0.3 is 24.8 Å². The maximum absolute atomic E-state index is 13.7. The Kier molecular flexibility index (Phi) is 8.09. The van der Waals surface area contributed by atoms with Crippen LogP contribution >= 0.6 is 23.2 Å². The van der Waals surface area contributed by atoms with E-state index in [0.29, 0.717) is 56.8 Å². The molecule has 1 amide bonds. The molecule has 1 aliphatic rings. The first-order chi connectivity index (χ1) is 19.4. The van der Waals surface area contributed by atoms with Crippen molar-refractivity contribution in [1.82, 2.24) is 20.2 Å². The van der Waals surface area contributed by atoms with E-state index in [9.17, 15) is 4.79 Å². The quantitative estimate of drug-likeness (QED) is 0.252. The van der Waals surface area contributed by atoms with Gasteiger partial charge in [0.15, 0.2) is 11.5 Å². The first-order valence-corrected chi connectivity index (χ1v) is 13.2. The fourth-order valence-electron chi connectivity index (χ4n) is 4.43. The number of ether oxygens (including phenoxy) is 3. The Morgan fingerprint density at radius 3 is 2.65 bits per heavy atom. The Balaban J connectivity index is 1.49. The summed E-state index contributed by atoms with van der Waals surface area (Å²) in [6.07, 6.45) is 0. The molecule has 0 bridgehead atoms. The minimum Gasteiger partial charge on any atom is -0.495 e. The number of rotatable bonds is 9. The highest BCUT2D eigenvalue weighted by atomic mass is 35.5. The van der Waals surface area contributed by atoms with Crippen LogP contribution in [0.1, 0.15) is 31.0 Å². The summed E-state index contributed by atoms with van der Waals surface area (Å²) in [6.45, 7) is 4.30. The number of amides is 1. The zero-order valence-corrected chi connectivity index (χ0v) is 23.5. The highest BCUT2D eigenvalue weighted by Crippen LogP contribution is 2.39. The van der Waals surface area contributed by atoms with Gasteiger partial charge in [0.2, 0.25) is 5.95 Å². The van der Waals surface area contributed by atoms with Crippen molar-refractivity contribution in [2.75, 3.05) is 24.4 Å². The van der Waals surface area contributed by atoms with E-state index in [1.165, 1.54) is 0 Å². The lowest BCUT2D eigenvalue weighted by atomic mass is 9.94. The fraction of sp³-hybridized carbons (Fsp3) is 0.214. The lowest BCUT2D eigenvalue weighted by Crippen LogP contribution is -2.31. The number of hydrogen-bond acceptors (Lipinski definition) is 8. The van der Waals surface area contributed by atoms with Gasteiger partial charge in [0, 0.05) is 21.3 Å². The molecular formula is C28H26Cl2N6O4. The average Bonchev–Trinajstić information content (AvgIpc) is 3.41. The Labute approximate surface area is 240 Å². The molecule has 4 aromatic rings. The molecule has 1 aromatic heterocycles. The molecule has 0 radical (unpaired) electrons. The number of halogens is 2. The van der Waals surface area contributed by atoms with Crippen molar-refractivity contribution in [3.05, 3.63) is 93.1 Å². The summed E-state index contributed by atoms with van der Waals surface area (Å²) in [5, 5.41) is 19.2.